The van der Waals surface area contributed by atoms with Gasteiger partial charge in [0.25, 0.3) is 0 Å². The quantitative estimate of drug-likeness (QED) is 0.780. The van der Waals surface area contributed by atoms with Crippen LogP contribution in [0.15, 0.2) is 48.8 Å². The summed E-state index contributed by atoms with van der Waals surface area (Å²) in [6, 6.07) is 11.2. The number of nitrogens with zero attached hydrogens (tertiary/aromatic N) is 1. The number of hydrogen-bond donors (Lipinski definition) is 1. The number of aromatic nitrogens is 1. The van der Waals surface area contributed by atoms with Gasteiger partial charge in [-0.15, -0.1) is 11.3 Å². The van der Waals surface area contributed by atoms with Gasteiger partial charge in [-0.2, -0.15) is 0 Å². The molecule has 0 fully saturated rings. The maximum atomic E-state index is 13.3. The van der Waals surface area contributed by atoms with E-state index < -0.39 is 0 Å². The van der Waals surface area contributed by atoms with Crippen LogP contribution in [0.25, 0.3) is 10.1 Å². The molecule has 0 amide bonds. The third-order valence-corrected chi connectivity index (χ3v) is 4.37. The van der Waals surface area contributed by atoms with Crippen LogP contribution in [0, 0.1) is 5.82 Å². The minimum Gasteiger partial charge on any atom is -0.306 e. The van der Waals surface area contributed by atoms with Crippen molar-refractivity contribution in [3.63, 3.8) is 0 Å². The lowest BCUT2D eigenvalue weighted by atomic mass is 10.1. The summed E-state index contributed by atoms with van der Waals surface area (Å²) in [4.78, 5) is 5.37. The Morgan fingerprint density at radius 3 is 2.95 bits per heavy atom. The number of benzene rings is 1. The van der Waals surface area contributed by atoms with E-state index in [1.165, 1.54) is 10.9 Å². The van der Waals surface area contributed by atoms with Gasteiger partial charge in [-0.3, -0.25) is 4.98 Å². The predicted octanol–water partition coefficient (Wildman–Crippen LogP) is 4.13. The van der Waals surface area contributed by atoms with Crippen LogP contribution >= 0.6 is 11.3 Å². The summed E-state index contributed by atoms with van der Waals surface area (Å²) < 4.78 is 14.3. The van der Waals surface area contributed by atoms with Crippen LogP contribution in [0.5, 0.6) is 0 Å². The number of pyridine rings is 1. The monoisotopic (exact) mass is 286 g/mol. The first-order valence-corrected chi connectivity index (χ1v) is 7.42. The Kier molecular flexibility index (Phi) is 3.76. The average Bonchev–Trinajstić information content (AvgIpc) is 2.88. The summed E-state index contributed by atoms with van der Waals surface area (Å²) >= 11 is 1.62. The minimum absolute atomic E-state index is 0.106. The van der Waals surface area contributed by atoms with Crippen molar-refractivity contribution in [3.05, 3.63) is 65.0 Å². The Morgan fingerprint density at radius 2 is 2.20 bits per heavy atom. The van der Waals surface area contributed by atoms with Crippen LogP contribution in [0.2, 0.25) is 0 Å². The Balaban J connectivity index is 2.05. The number of rotatable bonds is 4. The molecule has 3 aromatic rings. The summed E-state index contributed by atoms with van der Waals surface area (Å²) in [5.74, 6) is -0.188. The molecule has 0 spiro atoms. The van der Waals surface area contributed by atoms with Gasteiger partial charge in [0.15, 0.2) is 0 Å². The van der Waals surface area contributed by atoms with Crippen molar-refractivity contribution in [2.75, 3.05) is 6.54 Å². The maximum absolute atomic E-state index is 13.3. The molecule has 0 bridgehead atoms. The highest BCUT2D eigenvalue weighted by molar-refractivity contribution is 7.19. The van der Waals surface area contributed by atoms with Crippen LogP contribution in [0.4, 0.5) is 4.39 Å². The molecule has 102 valence electrons. The molecule has 2 nitrogen and oxygen atoms in total. The number of thiophene rings is 1. The Morgan fingerprint density at radius 1 is 1.30 bits per heavy atom. The first-order valence-electron chi connectivity index (χ1n) is 6.60. The summed E-state index contributed by atoms with van der Waals surface area (Å²) in [5, 5.41) is 4.55. The fraction of sp³-hybridized carbons (Fsp3) is 0.188. The SMILES string of the molecule is CCNC(c1cccnc1)c1cc2ccc(F)cc2s1. The molecule has 1 atom stereocenters. The van der Waals surface area contributed by atoms with E-state index in [0.29, 0.717) is 0 Å². The van der Waals surface area contributed by atoms with Crippen molar-refractivity contribution in [1.82, 2.24) is 10.3 Å². The van der Waals surface area contributed by atoms with Gasteiger partial charge in [0.2, 0.25) is 0 Å². The second-order valence-corrected chi connectivity index (χ2v) is 5.72. The minimum atomic E-state index is -0.188. The van der Waals surface area contributed by atoms with Crippen molar-refractivity contribution < 1.29 is 4.39 Å². The molecule has 2 aromatic heterocycles. The van der Waals surface area contributed by atoms with E-state index in [9.17, 15) is 4.39 Å². The summed E-state index contributed by atoms with van der Waals surface area (Å²) in [5.41, 5.74) is 1.13. The number of fused-ring (bicyclic) bond motifs is 1. The molecule has 2 heterocycles. The molecule has 0 saturated heterocycles. The van der Waals surface area contributed by atoms with Gasteiger partial charge in [0.1, 0.15) is 5.82 Å². The second-order valence-electron chi connectivity index (χ2n) is 4.61. The first-order chi connectivity index (χ1) is 9.78. The van der Waals surface area contributed by atoms with Crippen molar-refractivity contribution in [1.29, 1.82) is 0 Å². The average molecular weight is 286 g/mol. The highest BCUT2D eigenvalue weighted by Gasteiger charge is 2.16. The maximum Gasteiger partial charge on any atom is 0.124 e. The van der Waals surface area contributed by atoms with E-state index in [4.69, 9.17) is 0 Å². The van der Waals surface area contributed by atoms with Gasteiger partial charge in [0.05, 0.1) is 6.04 Å². The smallest absolute Gasteiger partial charge is 0.124 e. The second kappa shape index (κ2) is 5.69. The van der Waals surface area contributed by atoms with E-state index in [1.807, 2.05) is 18.3 Å². The molecular weight excluding hydrogens is 271 g/mol. The first kappa shape index (κ1) is 13.2. The van der Waals surface area contributed by atoms with Crippen LogP contribution < -0.4 is 5.32 Å². The van der Waals surface area contributed by atoms with Gasteiger partial charge in [0, 0.05) is 22.0 Å². The van der Waals surface area contributed by atoms with Gasteiger partial charge in [-0.1, -0.05) is 19.1 Å². The molecule has 20 heavy (non-hydrogen) atoms. The highest BCUT2D eigenvalue weighted by atomic mass is 32.1. The predicted molar refractivity (Wildman–Crippen MR) is 81.5 cm³/mol. The van der Waals surface area contributed by atoms with E-state index in [0.717, 1.165) is 22.2 Å². The molecule has 1 unspecified atom stereocenters. The third-order valence-electron chi connectivity index (χ3n) is 3.21. The van der Waals surface area contributed by atoms with Crippen LogP contribution in [-0.2, 0) is 0 Å². The summed E-state index contributed by atoms with van der Waals surface area (Å²) in [6.45, 7) is 2.94. The van der Waals surface area contributed by atoms with E-state index in [1.54, 1.807) is 23.6 Å². The highest BCUT2D eigenvalue weighted by Crippen LogP contribution is 2.33. The molecule has 0 radical (unpaired) electrons. The zero-order valence-electron chi connectivity index (χ0n) is 11.1. The van der Waals surface area contributed by atoms with Gasteiger partial charge in [-0.05, 0) is 41.8 Å². The molecule has 0 aliphatic rings. The fourth-order valence-electron chi connectivity index (χ4n) is 2.30. The molecular formula is C16H15FN2S. The number of hydrogen-bond acceptors (Lipinski definition) is 3. The molecule has 1 N–H and O–H groups in total. The largest absolute Gasteiger partial charge is 0.306 e. The molecule has 3 rings (SSSR count). The summed E-state index contributed by atoms with van der Waals surface area (Å²) in [7, 11) is 0. The van der Waals surface area contributed by atoms with Gasteiger partial charge in [-0.25, -0.2) is 4.39 Å². The van der Waals surface area contributed by atoms with E-state index in [-0.39, 0.29) is 11.9 Å². The molecule has 4 heteroatoms. The Hall–Kier alpha value is -1.78. The van der Waals surface area contributed by atoms with Crippen LogP contribution in [0.3, 0.4) is 0 Å². The van der Waals surface area contributed by atoms with Gasteiger partial charge >= 0.3 is 0 Å². The molecule has 0 aliphatic carbocycles. The fourth-order valence-corrected chi connectivity index (χ4v) is 3.49. The lowest BCUT2D eigenvalue weighted by Crippen LogP contribution is -2.21. The number of halogens is 1. The van der Waals surface area contributed by atoms with Crippen molar-refractivity contribution in [3.8, 4) is 0 Å². The van der Waals surface area contributed by atoms with Crippen molar-refractivity contribution in [2.24, 2.45) is 0 Å². The summed E-state index contributed by atoms with van der Waals surface area (Å²) in [6.07, 6.45) is 3.64. The standard InChI is InChI=1S/C16H15FN2S/c1-2-19-16(12-4-3-7-18-10-12)15-8-11-5-6-13(17)9-14(11)20-15/h3-10,16,19H,2H2,1H3. The Labute approximate surface area is 121 Å². The third kappa shape index (κ3) is 2.57. The van der Waals surface area contributed by atoms with E-state index in [2.05, 4.69) is 29.4 Å². The zero-order valence-corrected chi connectivity index (χ0v) is 12.0. The molecule has 0 aliphatic heterocycles. The van der Waals surface area contributed by atoms with Crippen LogP contribution in [0.1, 0.15) is 23.4 Å². The number of nitrogens with one attached hydrogen (secondary N) is 1. The topological polar surface area (TPSA) is 24.9 Å². The lowest BCUT2D eigenvalue weighted by molar-refractivity contribution is 0.630. The lowest BCUT2D eigenvalue weighted by Gasteiger charge is -2.16. The molecule has 0 saturated carbocycles. The van der Waals surface area contributed by atoms with E-state index >= 15 is 0 Å². The zero-order chi connectivity index (χ0) is 13.9. The Bertz CT molecular complexity index is 709. The van der Waals surface area contributed by atoms with Crippen LogP contribution in [-0.4, -0.2) is 11.5 Å². The van der Waals surface area contributed by atoms with Gasteiger partial charge < -0.3 is 5.32 Å². The van der Waals surface area contributed by atoms with Crippen molar-refractivity contribution >= 4 is 21.4 Å². The normalized spacial score (nSPS) is 12.7. The molecule has 1 aromatic carbocycles. The van der Waals surface area contributed by atoms with Crippen molar-refractivity contribution in [2.45, 2.75) is 13.0 Å².